The average molecular weight is 339 g/mol. The summed E-state index contributed by atoms with van der Waals surface area (Å²) in [5.74, 6) is 0.554. The fourth-order valence-electron chi connectivity index (χ4n) is 2.66. The quantitative estimate of drug-likeness (QED) is 0.932. The number of carbonyl (C=O) groups excluding carboxylic acids is 1. The number of aromatic nitrogens is 2. The van der Waals surface area contributed by atoms with E-state index in [1.54, 1.807) is 0 Å². The number of amides is 1. The molecule has 2 aromatic heterocycles. The summed E-state index contributed by atoms with van der Waals surface area (Å²) in [6.07, 6.45) is 4.48. The monoisotopic (exact) mass is 338 g/mol. The molecule has 0 bridgehead atoms. The highest BCUT2D eigenvalue weighted by Gasteiger charge is 2.19. The van der Waals surface area contributed by atoms with Crippen LogP contribution in [-0.4, -0.2) is 40.7 Å². The van der Waals surface area contributed by atoms with Gasteiger partial charge in [-0.2, -0.15) is 5.10 Å². The van der Waals surface area contributed by atoms with Crippen molar-refractivity contribution in [3.8, 4) is 0 Å². The number of piperidine rings is 1. The minimum Gasteiger partial charge on any atom is -0.309 e. The third kappa shape index (κ3) is 3.88. The Morgan fingerprint density at radius 3 is 2.86 bits per heavy atom. The van der Waals surface area contributed by atoms with Gasteiger partial charge in [0.25, 0.3) is 0 Å². The highest BCUT2D eigenvalue weighted by molar-refractivity contribution is 7.16. The molecule has 0 aliphatic carbocycles. The predicted octanol–water partition coefficient (Wildman–Crippen LogP) is 3.05. The first-order valence-electron chi connectivity index (χ1n) is 7.38. The minimum atomic E-state index is -0.0628. The van der Waals surface area contributed by atoms with E-state index < -0.39 is 0 Å². The Bertz CT molecular complexity index is 646. The number of nitrogens with one attached hydrogen (secondary N) is 1. The third-order valence-electron chi connectivity index (χ3n) is 3.90. The van der Waals surface area contributed by atoms with Crippen molar-refractivity contribution < 1.29 is 4.79 Å². The molecule has 1 aliphatic rings. The molecular weight excluding hydrogens is 320 g/mol. The van der Waals surface area contributed by atoms with E-state index in [1.807, 2.05) is 29.1 Å². The van der Waals surface area contributed by atoms with Crippen LogP contribution >= 0.6 is 22.9 Å². The Balaban J connectivity index is 1.56. The number of likely N-dealkylation sites (tertiary alicyclic amines) is 1. The van der Waals surface area contributed by atoms with Crippen LogP contribution in [0, 0.1) is 0 Å². The van der Waals surface area contributed by atoms with E-state index >= 15 is 0 Å². The molecule has 3 heterocycles. The summed E-state index contributed by atoms with van der Waals surface area (Å²) in [5, 5.41) is 7.34. The van der Waals surface area contributed by atoms with Gasteiger partial charge in [0, 0.05) is 17.1 Å². The molecule has 0 unspecified atom stereocenters. The molecule has 0 spiro atoms. The Morgan fingerprint density at radius 2 is 2.18 bits per heavy atom. The van der Waals surface area contributed by atoms with Crippen LogP contribution < -0.4 is 5.32 Å². The van der Waals surface area contributed by atoms with Gasteiger partial charge in [-0.1, -0.05) is 11.6 Å². The SMILES string of the molecule is CN1CCC(n2ccc(NC(=O)Cc3ccc(Cl)s3)n2)CC1. The fraction of sp³-hybridized carbons (Fsp3) is 0.467. The van der Waals surface area contributed by atoms with Crippen LogP contribution in [0.2, 0.25) is 4.34 Å². The summed E-state index contributed by atoms with van der Waals surface area (Å²) in [5.41, 5.74) is 0. The van der Waals surface area contributed by atoms with Crippen LogP contribution in [0.3, 0.4) is 0 Å². The molecule has 22 heavy (non-hydrogen) atoms. The van der Waals surface area contributed by atoms with Gasteiger partial charge in [0.1, 0.15) is 0 Å². The van der Waals surface area contributed by atoms with Crippen molar-refractivity contribution in [3.63, 3.8) is 0 Å². The Morgan fingerprint density at radius 1 is 1.41 bits per heavy atom. The summed E-state index contributed by atoms with van der Waals surface area (Å²) in [6.45, 7) is 2.18. The molecule has 1 saturated heterocycles. The van der Waals surface area contributed by atoms with Crippen LogP contribution in [0.4, 0.5) is 5.82 Å². The number of thiophene rings is 1. The second kappa shape index (κ2) is 6.81. The smallest absolute Gasteiger partial charge is 0.230 e. The van der Waals surface area contributed by atoms with Gasteiger partial charge in [0.2, 0.25) is 5.91 Å². The van der Waals surface area contributed by atoms with E-state index in [-0.39, 0.29) is 5.91 Å². The molecule has 1 aliphatic heterocycles. The van der Waals surface area contributed by atoms with E-state index in [1.165, 1.54) is 11.3 Å². The number of hydrogen-bond donors (Lipinski definition) is 1. The fourth-order valence-corrected chi connectivity index (χ4v) is 3.75. The van der Waals surface area contributed by atoms with Crippen molar-refractivity contribution in [2.45, 2.75) is 25.3 Å². The van der Waals surface area contributed by atoms with Crippen LogP contribution in [-0.2, 0) is 11.2 Å². The van der Waals surface area contributed by atoms with Crippen molar-refractivity contribution >= 4 is 34.7 Å². The molecule has 1 N–H and O–H groups in total. The molecule has 0 aromatic carbocycles. The summed E-state index contributed by atoms with van der Waals surface area (Å²) in [7, 11) is 2.14. The highest BCUT2D eigenvalue weighted by Crippen LogP contribution is 2.23. The zero-order chi connectivity index (χ0) is 15.5. The van der Waals surface area contributed by atoms with Crippen molar-refractivity contribution in [1.29, 1.82) is 0 Å². The minimum absolute atomic E-state index is 0.0628. The topological polar surface area (TPSA) is 50.2 Å². The lowest BCUT2D eigenvalue weighted by Gasteiger charge is -2.28. The first-order valence-corrected chi connectivity index (χ1v) is 8.57. The number of anilines is 1. The number of rotatable bonds is 4. The number of hydrogen-bond acceptors (Lipinski definition) is 4. The number of carbonyl (C=O) groups is 1. The standard InChI is InChI=1S/C15H19ClN4OS/c1-19-7-4-11(5-8-19)20-9-6-14(18-20)17-15(21)10-12-2-3-13(16)22-12/h2-3,6,9,11H,4-5,7-8,10H2,1H3,(H,17,18,21). The molecule has 118 valence electrons. The normalized spacial score (nSPS) is 16.8. The van der Waals surface area contributed by atoms with Crippen molar-refractivity contribution in [2.75, 3.05) is 25.5 Å². The maximum atomic E-state index is 12.0. The van der Waals surface area contributed by atoms with E-state index in [4.69, 9.17) is 11.6 Å². The zero-order valence-corrected chi connectivity index (χ0v) is 14.0. The third-order valence-corrected chi connectivity index (χ3v) is 5.13. The van der Waals surface area contributed by atoms with E-state index in [0.717, 1.165) is 30.8 Å². The van der Waals surface area contributed by atoms with E-state index in [0.29, 0.717) is 22.6 Å². The molecule has 1 amide bonds. The van der Waals surface area contributed by atoms with Crippen molar-refractivity contribution in [3.05, 3.63) is 33.6 Å². The number of nitrogens with zero attached hydrogens (tertiary/aromatic N) is 3. The van der Waals surface area contributed by atoms with Gasteiger partial charge in [-0.3, -0.25) is 9.48 Å². The van der Waals surface area contributed by atoms with Crippen LogP contribution in [0.25, 0.3) is 0 Å². The molecule has 5 nitrogen and oxygen atoms in total. The van der Waals surface area contributed by atoms with Crippen LogP contribution in [0.5, 0.6) is 0 Å². The van der Waals surface area contributed by atoms with Gasteiger partial charge in [0.15, 0.2) is 5.82 Å². The molecule has 0 radical (unpaired) electrons. The number of halogens is 1. The lowest BCUT2D eigenvalue weighted by molar-refractivity contribution is -0.115. The van der Waals surface area contributed by atoms with Crippen molar-refractivity contribution in [1.82, 2.24) is 14.7 Å². The molecule has 3 rings (SSSR count). The maximum absolute atomic E-state index is 12.0. The second-order valence-corrected chi connectivity index (χ2v) is 7.45. The van der Waals surface area contributed by atoms with Gasteiger partial charge in [-0.05, 0) is 45.1 Å². The molecule has 0 saturated carbocycles. The summed E-state index contributed by atoms with van der Waals surface area (Å²) < 4.78 is 2.68. The van der Waals surface area contributed by atoms with Crippen molar-refractivity contribution in [2.24, 2.45) is 0 Å². The molecule has 1 fully saturated rings. The van der Waals surface area contributed by atoms with E-state index in [2.05, 4.69) is 22.4 Å². The Labute approximate surface area is 138 Å². The molecule has 0 atom stereocenters. The first-order chi connectivity index (χ1) is 10.6. The Hall–Kier alpha value is -1.37. The highest BCUT2D eigenvalue weighted by atomic mass is 35.5. The van der Waals surface area contributed by atoms with Gasteiger partial charge in [-0.15, -0.1) is 11.3 Å². The Kier molecular flexibility index (Phi) is 4.81. The van der Waals surface area contributed by atoms with Gasteiger partial charge < -0.3 is 10.2 Å². The van der Waals surface area contributed by atoms with Crippen LogP contribution in [0.15, 0.2) is 24.4 Å². The zero-order valence-electron chi connectivity index (χ0n) is 12.5. The summed E-state index contributed by atoms with van der Waals surface area (Å²) in [4.78, 5) is 15.3. The molecule has 2 aromatic rings. The summed E-state index contributed by atoms with van der Waals surface area (Å²) in [6, 6.07) is 5.98. The predicted molar refractivity (Wildman–Crippen MR) is 89.7 cm³/mol. The average Bonchev–Trinajstić information content (AvgIpc) is 3.09. The second-order valence-electron chi connectivity index (χ2n) is 5.65. The molecule has 7 heteroatoms. The first kappa shape index (κ1) is 15.5. The summed E-state index contributed by atoms with van der Waals surface area (Å²) >= 11 is 7.30. The van der Waals surface area contributed by atoms with Gasteiger partial charge in [-0.25, -0.2) is 0 Å². The largest absolute Gasteiger partial charge is 0.309 e. The van der Waals surface area contributed by atoms with Crippen LogP contribution in [0.1, 0.15) is 23.8 Å². The maximum Gasteiger partial charge on any atom is 0.230 e. The lowest BCUT2D eigenvalue weighted by atomic mass is 10.1. The lowest BCUT2D eigenvalue weighted by Crippen LogP contribution is -2.31. The van der Waals surface area contributed by atoms with Gasteiger partial charge >= 0.3 is 0 Å². The molecular formula is C15H19ClN4OS. The van der Waals surface area contributed by atoms with Gasteiger partial charge in [0.05, 0.1) is 16.8 Å². The van der Waals surface area contributed by atoms with E-state index in [9.17, 15) is 4.79 Å².